The molecule has 1 aliphatic heterocycles. The Morgan fingerprint density at radius 2 is 2.00 bits per heavy atom. The first-order valence-electron chi connectivity index (χ1n) is 6.62. The summed E-state index contributed by atoms with van der Waals surface area (Å²) in [7, 11) is 2.22. The fourth-order valence-corrected chi connectivity index (χ4v) is 3.61. The van der Waals surface area contributed by atoms with E-state index in [1.807, 2.05) is 11.8 Å². The number of likely N-dealkylation sites (tertiary alicyclic amines) is 1. The van der Waals surface area contributed by atoms with Crippen LogP contribution in [0.15, 0.2) is 17.0 Å². The van der Waals surface area contributed by atoms with E-state index < -0.39 is 0 Å². The number of benzene rings is 1. The lowest BCUT2D eigenvalue weighted by Crippen LogP contribution is -2.21. The van der Waals surface area contributed by atoms with E-state index in [0.29, 0.717) is 12.0 Å². The number of nitrogens with two attached hydrogens (primary N) is 1. The highest BCUT2D eigenvalue weighted by molar-refractivity contribution is 7.98. The van der Waals surface area contributed by atoms with Gasteiger partial charge in [0.1, 0.15) is 0 Å². The van der Waals surface area contributed by atoms with Crippen LogP contribution in [0.25, 0.3) is 0 Å². The minimum Gasteiger partial charge on any atom is -0.330 e. The van der Waals surface area contributed by atoms with Gasteiger partial charge in [0.15, 0.2) is 0 Å². The highest BCUT2D eigenvalue weighted by atomic mass is 32.2. The van der Waals surface area contributed by atoms with Gasteiger partial charge >= 0.3 is 0 Å². The molecule has 0 saturated carbocycles. The van der Waals surface area contributed by atoms with Crippen molar-refractivity contribution < 1.29 is 0 Å². The number of hydrogen-bond acceptors (Lipinski definition) is 3. The van der Waals surface area contributed by atoms with Crippen molar-refractivity contribution in [2.24, 2.45) is 11.7 Å². The van der Waals surface area contributed by atoms with Crippen molar-refractivity contribution >= 4 is 11.8 Å². The van der Waals surface area contributed by atoms with E-state index in [1.165, 1.54) is 28.0 Å². The lowest BCUT2D eigenvalue weighted by molar-refractivity contribution is 0.310. The molecule has 2 N–H and O–H groups in total. The van der Waals surface area contributed by atoms with Gasteiger partial charge in [-0.3, -0.25) is 4.90 Å². The summed E-state index contributed by atoms with van der Waals surface area (Å²) >= 11 is 1.86. The summed E-state index contributed by atoms with van der Waals surface area (Å²) in [5.74, 6) is 0.649. The van der Waals surface area contributed by atoms with Crippen LogP contribution in [0.4, 0.5) is 0 Å². The molecule has 2 rings (SSSR count). The molecule has 1 saturated heterocycles. The van der Waals surface area contributed by atoms with Crippen LogP contribution in [-0.4, -0.2) is 31.3 Å². The van der Waals surface area contributed by atoms with Gasteiger partial charge in [0.2, 0.25) is 0 Å². The fourth-order valence-electron chi connectivity index (χ4n) is 2.89. The molecule has 18 heavy (non-hydrogen) atoms. The number of hydrogen-bond donors (Lipinski definition) is 1. The SMILES string of the molecule is CSc1cc(C)c(C)cc1C1CC(CN)CN1C. The van der Waals surface area contributed by atoms with Crippen molar-refractivity contribution in [2.45, 2.75) is 31.2 Å². The number of nitrogens with zero attached hydrogens (tertiary/aromatic N) is 1. The molecule has 0 amide bonds. The van der Waals surface area contributed by atoms with Crippen LogP contribution < -0.4 is 5.73 Å². The third-order valence-electron chi connectivity index (χ3n) is 4.17. The second kappa shape index (κ2) is 5.64. The molecule has 2 nitrogen and oxygen atoms in total. The molecule has 1 fully saturated rings. The van der Waals surface area contributed by atoms with Crippen LogP contribution in [0.1, 0.15) is 29.2 Å². The summed E-state index contributed by atoms with van der Waals surface area (Å²) in [5.41, 5.74) is 10.1. The average Bonchev–Trinajstić information content (AvgIpc) is 2.73. The Kier molecular flexibility index (Phi) is 4.36. The predicted octanol–water partition coefficient (Wildman–Crippen LogP) is 2.98. The van der Waals surface area contributed by atoms with Gasteiger partial charge in [-0.1, -0.05) is 6.07 Å². The van der Waals surface area contributed by atoms with E-state index in [-0.39, 0.29) is 0 Å². The molecule has 0 bridgehead atoms. The molecule has 1 aliphatic rings. The standard InChI is InChI=1S/C15H24N2S/c1-10-5-13(15(18-4)6-11(10)2)14-7-12(8-16)9-17(14)3/h5-6,12,14H,7-9,16H2,1-4H3. The van der Waals surface area contributed by atoms with Crippen LogP contribution in [0.5, 0.6) is 0 Å². The van der Waals surface area contributed by atoms with Crippen LogP contribution in [-0.2, 0) is 0 Å². The van der Waals surface area contributed by atoms with Crippen molar-refractivity contribution in [1.29, 1.82) is 0 Å². The number of aryl methyl sites for hydroxylation is 2. The molecule has 1 aromatic carbocycles. The highest BCUT2D eigenvalue weighted by Crippen LogP contribution is 2.39. The van der Waals surface area contributed by atoms with Gasteiger partial charge in [0, 0.05) is 17.5 Å². The number of thioether (sulfide) groups is 1. The van der Waals surface area contributed by atoms with E-state index in [4.69, 9.17) is 5.73 Å². The van der Waals surface area contributed by atoms with Gasteiger partial charge in [-0.2, -0.15) is 0 Å². The van der Waals surface area contributed by atoms with Crippen LogP contribution in [0, 0.1) is 19.8 Å². The summed E-state index contributed by atoms with van der Waals surface area (Å²) in [6.45, 7) is 6.33. The maximum absolute atomic E-state index is 5.83. The summed E-state index contributed by atoms with van der Waals surface area (Å²) < 4.78 is 0. The number of rotatable bonds is 3. The van der Waals surface area contributed by atoms with Crippen molar-refractivity contribution in [1.82, 2.24) is 4.90 Å². The molecule has 2 unspecified atom stereocenters. The first-order valence-corrected chi connectivity index (χ1v) is 7.84. The molecule has 2 atom stereocenters. The third-order valence-corrected chi connectivity index (χ3v) is 4.97. The molecule has 3 heteroatoms. The van der Waals surface area contributed by atoms with Gasteiger partial charge in [-0.05, 0) is 68.8 Å². The van der Waals surface area contributed by atoms with Crippen molar-refractivity contribution in [3.63, 3.8) is 0 Å². The Balaban J connectivity index is 2.35. The molecule has 1 heterocycles. The third kappa shape index (κ3) is 2.58. The zero-order valence-corrected chi connectivity index (χ0v) is 12.7. The lowest BCUT2D eigenvalue weighted by Gasteiger charge is -2.23. The normalized spacial score (nSPS) is 24.7. The Labute approximate surface area is 115 Å². The Morgan fingerprint density at radius 3 is 2.56 bits per heavy atom. The molecule has 1 aromatic rings. The second-order valence-electron chi connectivity index (χ2n) is 5.47. The minimum absolute atomic E-state index is 0.542. The smallest absolute Gasteiger partial charge is 0.0359 e. The van der Waals surface area contributed by atoms with Gasteiger partial charge in [0.05, 0.1) is 0 Å². The quantitative estimate of drug-likeness (QED) is 0.851. The maximum Gasteiger partial charge on any atom is 0.0359 e. The van der Waals surface area contributed by atoms with E-state index in [2.05, 4.69) is 44.2 Å². The molecular formula is C15H24N2S. The zero-order chi connectivity index (χ0) is 13.3. The second-order valence-corrected chi connectivity index (χ2v) is 6.32. The first kappa shape index (κ1) is 13.9. The maximum atomic E-state index is 5.83. The molecular weight excluding hydrogens is 240 g/mol. The Hall–Kier alpha value is -0.510. The van der Waals surface area contributed by atoms with Gasteiger partial charge < -0.3 is 5.73 Å². The molecule has 0 radical (unpaired) electrons. The zero-order valence-electron chi connectivity index (χ0n) is 11.9. The monoisotopic (exact) mass is 264 g/mol. The van der Waals surface area contributed by atoms with Crippen molar-refractivity contribution in [3.8, 4) is 0 Å². The Morgan fingerprint density at radius 1 is 1.33 bits per heavy atom. The van der Waals surface area contributed by atoms with E-state index in [0.717, 1.165) is 13.1 Å². The molecule has 0 aromatic heterocycles. The molecule has 0 spiro atoms. The highest BCUT2D eigenvalue weighted by Gasteiger charge is 2.31. The molecule has 100 valence electrons. The van der Waals surface area contributed by atoms with Gasteiger partial charge in [-0.15, -0.1) is 11.8 Å². The molecule has 0 aliphatic carbocycles. The van der Waals surface area contributed by atoms with Crippen LogP contribution in [0.3, 0.4) is 0 Å². The summed E-state index contributed by atoms with van der Waals surface area (Å²) in [6, 6.07) is 5.25. The van der Waals surface area contributed by atoms with Crippen molar-refractivity contribution in [2.75, 3.05) is 26.4 Å². The lowest BCUT2D eigenvalue weighted by atomic mass is 9.96. The van der Waals surface area contributed by atoms with Gasteiger partial charge in [0.25, 0.3) is 0 Å². The van der Waals surface area contributed by atoms with Crippen LogP contribution in [0.2, 0.25) is 0 Å². The van der Waals surface area contributed by atoms with E-state index in [1.54, 1.807) is 0 Å². The fraction of sp³-hybridized carbons (Fsp3) is 0.600. The Bertz CT molecular complexity index is 431. The summed E-state index contributed by atoms with van der Waals surface area (Å²) in [6.07, 6.45) is 3.37. The van der Waals surface area contributed by atoms with Crippen molar-refractivity contribution in [3.05, 3.63) is 28.8 Å². The average molecular weight is 264 g/mol. The largest absolute Gasteiger partial charge is 0.330 e. The summed E-state index contributed by atoms with van der Waals surface area (Å²) in [4.78, 5) is 3.88. The first-order chi connectivity index (χ1) is 8.56. The predicted molar refractivity (Wildman–Crippen MR) is 80.2 cm³/mol. The van der Waals surface area contributed by atoms with E-state index in [9.17, 15) is 0 Å². The summed E-state index contributed by atoms with van der Waals surface area (Å²) in [5, 5.41) is 0. The minimum atomic E-state index is 0.542. The van der Waals surface area contributed by atoms with Gasteiger partial charge in [-0.25, -0.2) is 0 Å². The van der Waals surface area contributed by atoms with Crippen LogP contribution >= 0.6 is 11.8 Å². The van der Waals surface area contributed by atoms with E-state index >= 15 is 0 Å². The topological polar surface area (TPSA) is 29.3 Å².